The van der Waals surface area contributed by atoms with Gasteiger partial charge in [-0.3, -0.25) is 0 Å². The fourth-order valence-electron chi connectivity index (χ4n) is 3.60. The number of fused-ring (bicyclic) bond motifs is 1. The molecule has 0 aliphatic heterocycles. The monoisotopic (exact) mass is 474 g/mol. The quantitative estimate of drug-likeness (QED) is 0.364. The topological polar surface area (TPSA) is 107 Å². The smallest absolute Gasteiger partial charge is 0.358 e. The van der Waals surface area contributed by atoms with E-state index in [4.69, 9.17) is 21.1 Å². The zero-order valence-corrected chi connectivity index (χ0v) is 19.2. The Kier molecular flexibility index (Phi) is 6.57. The van der Waals surface area contributed by atoms with Gasteiger partial charge in [-0.05, 0) is 31.5 Å². The Hall–Kier alpha value is -4.22. The highest BCUT2D eigenvalue weighted by atomic mass is 35.5. The number of halogens is 1. The number of nitriles is 1. The molecule has 0 N–H and O–H groups in total. The van der Waals surface area contributed by atoms with Crippen LogP contribution in [0.15, 0.2) is 54.6 Å². The summed E-state index contributed by atoms with van der Waals surface area (Å²) >= 11 is 6.06. The molecule has 0 aliphatic carbocycles. The lowest BCUT2D eigenvalue weighted by Crippen LogP contribution is -2.21. The molecular weight excluding hydrogens is 456 g/mol. The molecule has 4 rings (SSSR count). The summed E-state index contributed by atoms with van der Waals surface area (Å²) in [7, 11) is 0. The number of rotatable bonds is 6. The molecule has 0 unspecified atom stereocenters. The molecule has 0 amide bonds. The van der Waals surface area contributed by atoms with Gasteiger partial charge in [-0.1, -0.05) is 54.1 Å². The molecule has 0 spiro atoms. The van der Waals surface area contributed by atoms with E-state index in [0.717, 1.165) is 0 Å². The van der Waals surface area contributed by atoms with Crippen molar-refractivity contribution in [2.24, 2.45) is 0 Å². The molecule has 170 valence electrons. The second kappa shape index (κ2) is 9.73. The van der Waals surface area contributed by atoms with Crippen molar-refractivity contribution in [2.45, 2.75) is 13.8 Å². The van der Waals surface area contributed by atoms with E-state index in [0.29, 0.717) is 16.1 Å². The Labute approximate surface area is 200 Å². The van der Waals surface area contributed by atoms with Crippen molar-refractivity contribution in [3.63, 3.8) is 0 Å². The highest BCUT2D eigenvalue weighted by Crippen LogP contribution is 2.35. The van der Waals surface area contributed by atoms with E-state index in [1.807, 2.05) is 18.2 Å². The summed E-state index contributed by atoms with van der Waals surface area (Å²) in [6.45, 7) is 3.43. The van der Waals surface area contributed by atoms with E-state index in [-0.39, 0.29) is 47.1 Å². The molecular formula is C25H19ClN4O4. The fourth-order valence-corrected chi connectivity index (χ4v) is 3.73. The van der Waals surface area contributed by atoms with Gasteiger partial charge < -0.3 is 9.47 Å². The van der Waals surface area contributed by atoms with Crippen LogP contribution in [-0.2, 0) is 9.47 Å². The third-order valence-corrected chi connectivity index (χ3v) is 5.26. The average molecular weight is 475 g/mol. The van der Waals surface area contributed by atoms with E-state index >= 15 is 0 Å². The number of benzene rings is 2. The molecule has 8 nitrogen and oxygen atoms in total. The maximum Gasteiger partial charge on any atom is 0.358 e. The first-order valence-corrected chi connectivity index (χ1v) is 10.9. The first kappa shape index (κ1) is 23.0. The molecule has 0 radical (unpaired) electrons. The van der Waals surface area contributed by atoms with Gasteiger partial charge in [-0.15, -0.1) is 5.10 Å². The molecule has 2 heterocycles. The summed E-state index contributed by atoms with van der Waals surface area (Å²) in [6, 6.07) is 17.8. The largest absolute Gasteiger partial charge is 0.462 e. The molecule has 0 saturated carbocycles. The summed E-state index contributed by atoms with van der Waals surface area (Å²) in [5.41, 5.74) is 1.23. The van der Waals surface area contributed by atoms with Gasteiger partial charge in [0.05, 0.1) is 13.2 Å². The molecule has 0 bridgehead atoms. The molecule has 34 heavy (non-hydrogen) atoms. The number of ether oxygens (including phenoxy) is 2. The molecule has 0 atom stereocenters. The molecule has 0 fully saturated rings. The zero-order valence-electron chi connectivity index (χ0n) is 18.4. The van der Waals surface area contributed by atoms with E-state index < -0.39 is 11.9 Å². The maximum absolute atomic E-state index is 13.2. The Morgan fingerprint density at radius 2 is 1.62 bits per heavy atom. The van der Waals surface area contributed by atoms with Crippen LogP contribution in [0.2, 0.25) is 5.02 Å². The lowest BCUT2D eigenvalue weighted by molar-refractivity contribution is 0.0471. The Balaban J connectivity index is 2.18. The Bertz CT molecular complexity index is 1420. The minimum absolute atomic E-state index is 0.0631. The lowest BCUT2D eigenvalue weighted by atomic mass is 9.94. The molecule has 2 aromatic carbocycles. The average Bonchev–Trinajstić information content (AvgIpc) is 3.29. The second-order valence-corrected chi connectivity index (χ2v) is 7.51. The van der Waals surface area contributed by atoms with Gasteiger partial charge >= 0.3 is 11.9 Å². The minimum atomic E-state index is -0.792. The van der Waals surface area contributed by atoms with Gasteiger partial charge in [0.15, 0.2) is 17.2 Å². The first-order valence-electron chi connectivity index (χ1n) is 10.5. The third kappa shape index (κ3) is 4.09. The van der Waals surface area contributed by atoms with E-state index in [9.17, 15) is 14.9 Å². The number of pyridine rings is 1. The molecule has 2 aromatic heterocycles. The number of nitrogens with zero attached hydrogens (tertiary/aromatic N) is 4. The number of esters is 2. The van der Waals surface area contributed by atoms with Crippen LogP contribution >= 0.6 is 11.6 Å². The zero-order chi connectivity index (χ0) is 24.2. The number of hydrogen-bond acceptors (Lipinski definition) is 7. The van der Waals surface area contributed by atoms with Crippen LogP contribution in [0.4, 0.5) is 0 Å². The third-order valence-electron chi connectivity index (χ3n) is 5.00. The number of hydrogen-bond donors (Lipinski definition) is 0. The summed E-state index contributed by atoms with van der Waals surface area (Å²) in [4.78, 5) is 30.9. The second-order valence-electron chi connectivity index (χ2n) is 7.07. The number of carbonyl (C=O) groups excluding carboxylic acids is 2. The van der Waals surface area contributed by atoms with Gasteiger partial charge in [-0.25, -0.2) is 19.1 Å². The van der Waals surface area contributed by atoms with Gasteiger partial charge in [0, 0.05) is 16.1 Å². The molecule has 9 heteroatoms. The van der Waals surface area contributed by atoms with E-state index in [1.165, 1.54) is 4.52 Å². The van der Waals surface area contributed by atoms with Crippen molar-refractivity contribution in [3.05, 3.63) is 76.4 Å². The Morgan fingerprint density at radius 1 is 0.971 bits per heavy atom. The summed E-state index contributed by atoms with van der Waals surface area (Å²) in [5, 5.41) is 15.1. The standard InChI is InChI=1S/C25H19ClN4O4/c1-3-33-24(31)20-19(15-10-12-17(26)13-11-15)18(14-27)23-28-22(16-8-6-5-7-9-16)29-30(23)21(20)25(32)34-4-2/h5-13H,3-4H2,1-2H3. The van der Waals surface area contributed by atoms with E-state index in [2.05, 4.69) is 16.2 Å². The van der Waals surface area contributed by atoms with Gasteiger partial charge in [0.2, 0.25) is 0 Å². The predicted molar refractivity (Wildman–Crippen MR) is 125 cm³/mol. The van der Waals surface area contributed by atoms with Crippen molar-refractivity contribution in [3.8, 4) is 28.6 Å². The summed E-state index contributed by atoms with van der Waals surface area (Å²) in [6.07, 6.45) is 0. The van der Waals surface area contributed by atoms with Crippen molar-refractivity contribution < 1.29 is 19.1 Å². The lowest BCUT2D eigenvalue weighted by Gasteiger charge is -2.16. The van der Waals surface area contributed by atoms with Crippen LogP contribution in [0.25, 0.3) is 28.2 Å². The number of aromatic nitrogens is 3. The fraction of sp³-hybridized carbons (Fsp3) is 0.160. The highest BCUT2D eigenvalue weighted by molar-refractivity contribution is 6.30. The van der Waals surface area contributed by atoms with Gasteiger partial charge in [-0.2, -0.15) is 5.26 Å². The van der Waals surface area contributed by atoms with Crippen molar-refractivity contribution in [2.75, 3.05) is 13.2 Å². The minimum Gasteiger partial charge on any atom is -0.462 e. The van der Waals surface area contributed by atoms with Crippen LogP contribution in [0.3, 0.4) is 0 Å². The maximum atomic E-state index is 13.2. The first-order chi connectivity index (χ1) is 16.5. The van der Waals surface area contributed by atoms with Crippen LogP contribution in [0.5, 0.6) is 0 Å². The normalized spacial score (nSPS) is 10.6. The van der Waals surface area contributed by atoms with Crippen LogP contribution in [0, 0.1) is 11.3 Å². The van der Waals surface area contributed by atoms with Gasteiger partial charge in [0.25, 0.3) is 0 Å². The molecule has 0 aliphatic rings. The highest BCUT2D eigenvalue weighted by Gasteiger charge is 2.32. The van der Waals surface area contributed by atoms with Crippen LogP contribution in [0.1, 0.15) is 40.3 Å². The van der Waals surface area contributed by atoms with Crippen molar-refractivity contribution in [1.29, 1.82) is 5.26 Å². The number of carbonyl (C=O) groups is 2. The SMILES string of the molecule is CCOC(=O)c1c(-c2ccc(Cl)cc2)c(C#N)c2nc(-c3ccccc3)nn2c1C(=O)OCC. The van der Waals surface area contributed by atoms with Crippen LogP contribution < -0.4 is 0 Å². The van der Waals surface area contributed by atoms with E-state index in [1.54, 1.807) is 50.2 Å². The summed E-state index contributed by atoms with van der Waals surface area (Å²) in [5.74, 6) is -1.30. The molecule has 4 aromatic rings. The van der Waals surface area contributed by atoms with Crippen molar-refractivity contribution >= 4 is 29.2 Å². The van der Waals surface area contributed by atoms with Crippen LogP contribution in [-0.4, -0.2) is 39.8 Å². The van der Waals surface area contributed by atoms with Crippen molar-refractivity contribution in [1.82, 2.24) is 14.6 Å². The Morgan fingerprint density at radius 3 is 2.24 bits per heavy atom. The van der Waals surface area contributed by atoms with Gasteiger partial charge in [0.1, 0.15) is 17.2 Å². The summed E-state index contributed by atoms with van der Waals surface area (Å²) < 4.78 is 11.7. The molecule has 0 saturated heterocycles. The predicted octanol–water partition coefficient (Wildman–Crippen LogP) is 4.94.